The predicted molar refractivity (Wildman–Crippen MR) is 124 cm³/mol. The van der Waals surface area contributed by atoms with E-state index in [0.717, 1.165) is 18.5 Å². The summed E-state index contributed by atoms with van der Waals surface area (Å²) in [7, 11) is 0. The van der Waals surface area contributed by atoms with Crippen molar-refractivity contribution in [1.82, 2.24) is 14.9 Å². The third kappa shape index (κ3) is 3.69. The number of nitrogens with zero attached hydrogens (tertiary/aromatic N) is 6. The molecule has 1 aromatic carbocycles. The number of amides is 1. The largest absolute Gasteiger partial charge is 0.492 e. The van der Waals surface area contributed by atoms with Gasteiger partial charge in [0.05, 0.1) is 17.2 Å². The van der Waals surface area contributed by atoms with Gasteiger partial charge in [-0.3, -0.25) is 9.79 Å². The fourth-order valence-electron chi connectivity index (χ4n) is 3.91. The number of anilines is 1. The van der Waals surface area contributed by atoms with Crippen molar-refractivity contribution in [3.63, 3.8) is 0 Å². The van der Waals surface area contributed by atoms with Crippen LogP contribution in [0.15, 0.2) is 40.7 Å². The highest BCUT2D eigenvalue weighted by molar-refractivity contribution is 7.17. The smallest absolute Gasteiger partial charge is 0.257 e. The molecule has 0 spiro atoms. The van der Waals surface area contributed by atoms with E-state index in [2.05, 4.69) is 25.9 Å². The maximum absolute atomic E-state index is 13.3. The van der Waals surface area contributed by atoms with E-state index in [0.29, 0.717) is 59.0 Å². The molecule has 2 aromatic heterocycles. The van der Waals surface area contributed by atoms with Gasteiger partial charge in [0.25, 0.3) is 5.91 Å². The second-order valence-corrected chi connectivity index (χ2v) is 8.49. The van der Waals surface area contributed by atoms with E-state index >= 15 is 0 Å². The molecule has 8 nitrogen and oxygen atoms in total. The Morgan fingerprint density at radius 2 is 1.88 bits per heavy atom. The van der Waals surface area contributed by atoms with Crippen molar-refractivity contribution in [1.29, 1.82) is 5.26 Å². The lowest BCUT2D eigenvalue weighted by Crippen LogP contribution is -2.48. The molecule has 0 atom stereocenters. The van der Waals surface area contributed by atoms with Crippen LogP contribution in [0.5, 0.6) is 5.88 Å². The van der Waals surface area contributed by atoms with Crippen LogP contribution < -0.4 is 4.90 Å². The Morgan fingerprint density at radius 1 is 1.09 bits per heavy atom. The lowest BCUT2D eigenvalue weighted by molar-refractivity contribution is 0.0749. The van der Waals surface area contributed by atoms with Crippen molar-refractivity contribution < 1.29 is 9.90 Å². The minimum Gasteiger partial charge on any atom is -0.492 e. The van der Waals surface area contributed by atoms with E-state index < -0.39 is 0 Å². The first kappa shape index (κ1) is 20.2. The average molecular weight is 445 g/mol. The van der Waals surface area contributed by atoms with Gasteiger partial charge in [0.2, 0.25) is 5.88 Å². The van der Waals surface area contributed by atoms with Crippen molar-refractivity contribution in [2.45, 2.75) is 12.8 Å². The van der Waals surface area contributed by atoms with Gasteiger partial charge in [0, 0.05) is 43.5 Å². The summed E-state index contributed by atoms with van der Waals surface area (Å²) in [6.45, 7) is 2.56. The van der Waals surface area contributed by atoms with Crippen molar-refractivity contribution in [3.05, 3.63) is 52.7 Å². The number of carbonyl (C=O) groups excluding carboxylic acids is 1. The van der Waals surface area contributed by atoms with Crippen LogP contribution in [-0.2, 0) is 0 Å². The van der Waals surface area contributed by atoms with Crippen LogP contribution in [0.25, 0.3) is 15.9 Å². The molecular weight excluding hydrogens is 424 g/mol. The summed E-state index contributed by atoms with van der Waals surface area (Å²) in [6.07, 6.45) is 5.47. The fourth-order valence-corrected chi connectivity index (χ4v) is 4.78. The molecule has 3 aromatic rings. The highest BCUT2D eigenvalue weighted by Crippen LogP contribution is 2.33. The second kappa shape index (κ2) is 8.40. The summed E-state index contributed by atoms with van der Waals surface area (Å²) in [5.41, 5.74) is 3.25. The predicted octanol–water partition coefficient (Wildman–Crippen LogP) is 3.44. The molecule has 0 saturated carbocycles. The highest BCUT2D eigenvalue weighted by Gasteiger charge is 2.26. The van der Waals surface area contributed by atoms with Gasteiger partial charge in [0.15, 0.2) is 5.82 Å². The number of aromatic nitrogens is 2. The number of hydrogen-bond donors (Lipinski definition) is 1. The van der Waals surface area contributed by atoms with Gasteiger partial charge in [-0.25, -0.2) is 4.98 Å². The summed E-state index contributed by atoms with van der Waals surface area (Å²) in [5, 5.41) is 21.1. The van der Waals surface area contributed by atoms with Gasteiger partial charge in [0.1, 0.15) is 15.9 Å². The van der Waals surface area contributed by atoms with E-state index in [4.69, 9.17) is 5.26 Å². The van der Waals surface area contributed by atoms with Gasteiger partial charge in [-0.15, -0.1) is 11.3 Å². The molecule has 4 heterocycles. The summed E-state index contributed by atoms with van der Waals surface area (Å²) >= 11 is 1.27. The maximum Gasteiger partial charge on any atom is 0.257 e. The molecule has 2 aliphatic heterocycles. The van der Waals surface area contributed by atoms with E-state index in [-0.39, 0.29) is 11.8 Å². The number of thiophene rings is 1. The van der Waals surface area contributed by atoms with E-state index in [1.165, 1.54) is 11.3 Å². The first-order valence-electron chi connectivity index (χ1n) is 10.4. The van der Waals surface area contributed by atoms with E-state index in [1.807, 2.05) is 29.3 Å². The zero-order valence-electron chi connectivity index (χ0n) is 17.2. The molecule has 1 saturated heterocycles. The Bertz CT molecular complexity index is 1280. The molecule has 0 aliphatic carbocycles. The zero-order valence-corrected chi connectivity index (χ0v) is 18.0. The Hall–Kier alpha value is -3.77. The number of aromatic hydroxyl groups is 1. The number of hydrogen-bond acceptors (Lipinski definition) is 8. The SMILES string of the molecule is N#Cc1ccc(N2CCN(C(=O)c3csc4c(O)nc(C5=CCCC=N5)nc34)CC2)cc1. The van der Waals surface area contributed by atoms with Crippen LogP contribution in [-0.4, -0.2) is 58.3 Å². The number of aliphatic imine (C=N–C) groups is 1. The Balaban J connectivity index is 1.36. The van der Waals surface area contributed by atoms with Crippen molar-refractivity contribution in [2.75, 3.05) is 31.1 Å². The summed E-state index contributed by atoms with van der Waals surface area (Å²) in [4.78, 5) is 30.4. The number of benzene rings is 1. The molecule has 0 unspecified atom stereocenters. The van der Waals surface area contributed by atoms with E-state index in [1.54, 1.807) is 17.5 Å². The molecule has 1 amide bonds. The summed E-state index contributed by atoms with van der Waals surface area (Å²) < 4.78 is 0.508. The van der Waals surface area contributed by atoms with Crippen molar-refractivity contribution in [3.8, 4) is 11.9 Å². The zero-order chi connectivity index (χ0) is 22.1. The molecule has 0 bridgehead atoms. The van der Waals surface area contributed by atoms with Crippen LogP contribution in [0.1, 0.15) is 34.6 Å². The van der Waals surface area contributed by atoms with Crippen LogP contribution >= 0.6 is 11.3 Å². The van der Waals surface area contributed by atoms with Crippen LogP contribution in [0.4, 0.5) is 5.69 Å². The minimum atomic E-state index is -0.124. The van der Waals surface area contributed by atoms with Gasteiger partial charge in [-0.05, 0) is 37.1 Å². The number of rotatable bonds is 3. The van der Waals surface area contributed by atoms with Crippen molar-refractivity contribution >= 4 is 45.1 Å². The standard InChI is InChI=1S/C23H20N6O2S/c24-13-15-4-6-16(7-5-15)28-9-11-29(12-10-28)23(31)17-14-32-20-19(17)26-21(27-22(20)30)18-3-1-2-8-25-18/h3-8,14H,1-2,9-12H2,(H,26,27,30). The number of fused-ring (bicyclic) bond motifs is 1. The summed E-state index contributed by atoms with van der Waals surface area (Å²) in [5.74, 6) is 0.117. The monoisotopic (exact) mass is 444 g/mol. The molecular formula is C23H20N6O2S. The fraction of sp³-hybridized carbons (Fsp3) is 0.261. The first-order chi connectivity index (χ1) is 15.6. The normalized spacial score (nSPS) is 16.2. The molecule has 160 valence electrons. The van der Waals surface area contributed by atoms with Gasteiger partial charge in [-0.2, -0.15) is 10.2 Å². The second-order valence-electron chi connectivity index (χ2n) is 7.61. The van der Waals surface area contributed by atoms with Crippen LogP contribution in [0, 0.1) is 11.3 Å². The van der Waals surface area contributed by atoms with Gasteiger partial charge < -0.3 is 14.9 Å². The third-order valence-electron chi connectivity index (χ3n) is 5.65. The lowest BCUT2D eigenvalue weighted by Gasteiger charge is -2.36. The highest BCUT2D eigenvalue weighted by atomic mass is 32.1. The number of piperazine rings is 1. The number of carbonyl (C=O) groups is 1. The molecule has 1 fully saturated rings. The maximum atomic E-state index is 13.3. The number of nitriles is 1. The Morgan fingerprint density at radius 3 is 2.56 bits per heavy atom. The molecule has 9 heteroatoms. The van der Waals surface area contributed by atoms with Gasteiger partial charge in [-0.1, -0.05) is 6.08 Å². The summed E-state index contributed by atoms with van der Waals surface area (Å²) in [6, 6.07) is 9.61. The minimum absolute atomic E-state index is 0.0964. The van der Waals surface area contributed by atoms with E-state index in [9.17, 15) is 9.90 Å². The number of allylic oxidation sites excluding steroid dienone is 1. The van der Waals surface area contributed by atoms with Gasteiger partial charge >= 0.3 is 0 Å². The molecule has 5 rings (SSSR count). The molecule has 0 radical (unpaired) electrons. The Kier molecular flexibility index (Phi) is 5.29. The van der Waals surface area contributed by atoms with Crippen LogP contribution in [0.3, 0.4) is 0 Å². The molecule has 2 aliphatic rings. The van der Waals surface area contributed by atoms with Crippen LogP contribution in [0.2, 0.25) is 0 Å². The third-order valence-corrected chi connectivity index (χ3v) is 6.61. The molecule has 1 N–H and O–H groups in total. The van der Waals surface area contributed by atoms with Crippen molar-refractivity contribution in [2.24, 2.45) is 4.99 Å². The first-order valence-corrected chi connectivity index (χ1v) is 11.3. The topological polar surface area (TPSA) is 106 Å². The average Bonchev–Trinajstić information content (AvgIpc) is 3.29. The molecule has 32 heavy (non-hydrogen) atoms. The quantitative estimate of drug-likeness (QED) is 0.663. The Labute approximate surface area is 188 Å². The lowest BCUT2D eigenvalue weighted by atomic mass is 10.1.